The van der Waals surface area contributed by atoms with Gasteiger partial charge in [-0.2, -0.15) is 0 Å². The summed E-state index contributed by atoms with van der Waals surface area (Å²) < 4.78 is 0. The maximum Gasteiger partial charge on any atom is 0.258 e. The van der Waals surface area contributed by atoms with Crippen molar-refractivity contribution < 1.29 is 9.59 Å². The molecule has 1 aromatic heterocycles. The van der Waals surface area contributed by atoms with Crippen LogP contribution >= 0.6 is 0 Å². The van der Waals surface area contributed by atoms with Crippen LogP contribution < -0.4 is 5.56 Å². The number of fused-ring (bicyclic) bond motifs is 1. The minimum atomic E-state index is -0.157. The largest absolute Gasteiger partial charge is 0.339 e. The molecule has 3 aromatic rings. The number of hydrogen-bond acceptors (Lipinski definition) is 4. The number of nitrogens with zero attached hydrogens (tertiary/aromatic N) is 3. The van der Waals surface area contributed by atoms with Gasteiger partial charge in [0.25, 0.3) is 11.5 Å². The van der Waals surface area contributed by atoms with Gasteiger partial charge in [-0.3, -0.25) is 14.4 Å². The maximum atomic E-state index is 13.0. The first-order valence-corrected chi connectivity index (χ1v) is 10.7. The number of benzene rings is 2. The summed E-state index contributed by atoms with van der Waals surface area (Å²) in [6.45, 7) is 2.35. The molecule has 0 radical (unpaired) electrons. The Balaban J connectivity index is 1.31. The molecule has 1 N–H and O–H groups in total. The van der Waals surface area contributed by atoms with Crippen molar-refractivity contribution in [2.24, 2.45) is 5.92 Å². The molecule has 0 bridgehead atoms. The van der Waals surface area contributed by atoms with Gasteiger partial charge in [-0.15, -0.1) is 0 Å². The Labute approximate surface area is 179 Å². The summed E-state index contributed by atoms with van der Waals surface area (Å²) in [6, 6.07) is 13.2. The lowest BCUT2D eigenvalue weighted by molar-refractivity contribution is -0.134. The Morgan fingerprint density at radius 2 is 1.74 bits per heavy atom. The van der Waals surface area contributed by atoms with Crippen LogP contribution in [-0.2, 0) is 11.2 Å². The van der Waals surface area contributed by atoms with Crippen LogP contribution in [0.15, 0.2) is 53.6 Å². The highest BCUT2D eigenvalue weighted by atomic mass is 16.2. The second-order valence-electron chi connectivity index (χ2n) is 8.31. The van der Waals surface area contributed by atoms with E-state index < -0.39 is 0 Å². The molecule has 1 saturated heterocycles. The smallest absolute Gasteiger partial charge is 0.258 e. The summed E-state index contributed by atoms with van der Waals surface area (Å²) in [4.78, 5) is 48.0. The number of aromatic amines is 1. The van der Waals surface area contributed by atoms with Crippen molar-refractivity contribution in [3.63, 3.8) is 0 Å². The van der Waals surface area contributed by atoms with Crippen LogP contribution in [0, 0.1) is 5.92 Å². The quantitative estimate of drug-likeness (QED) is 0.707. The van der Waals surface area contributed by atoms with E-state index in [9.17, 15) is 14.4 Å². The molecule has 31 heavy (non-hydrogen) atoms. The van der Waals surface area contributed by atoms with E-state index in [0.717, 1.165) is 24.0 Å². The van der Waals surface area contributed by atoms with Crippen LogP contribution in [0.5, 0.6) is 0 Å². The summed E-state index contributed by atoms with van der Waals surface area (Å²) in [5.41, 5.74) is 3.10. The van der Waals surface area contributed by atoms with Crippen molar-refractivity contribution in [2.75, 3.05) is 26.2 Å². The number of para-hydroxylation sites is 1. The van der Waals surface area contributed by atoms with Crippen molar-refractivity contribution in [3.05, 3.63) is 75.8 Å². The Hall–Kier alpha value is -3.48. The summed E-state index contributed by atoms with van der Waals surface area (Å²) in [5, 5.41) is 0.561. The van der Waals surface area contributed by atoms with Crippen LogP contribution in [0.1, 0.15) is 34.3 Å². The molecule has 5 rings (SSSR count). The molecule has 158 valence electrons. The molecule has 2 heterocycles. The average molecular weight is 416 g/mol. The molecule has 2 fully saturated rings. The molecule has 7 heteroatoms. The third-order valence-corrected chi connectivity index (χ3v) is 6.13. The molecule has 0 atom stereocenters. The maximum absolute atomic E-state index is 13.0. The zero-order valence-electron chi connectivity index (χ0n) is 17.2. The van der Waals surface area contributed by atoms with Gasteiger partial charge >= 0.3 is 0 Å². The standard InChI is InChI=1S/C24H24N4O3/c29-22-20-6-2-4-18(21(20)25-15-26-22)13-16-3-1-5-19(14-16)24(31)28-11-9-27(10-12-28)23(30)17-7-8-17/h1-6,14-15,17H,7-13H2,(H,25,26,29). The number of H-pyrrole nitrogens is 1. The van der Waals surface area contributed by atoms with E-state index in [1.54, 1.807) is 6.07 Å². The molecular formula is C24H24N4O3. The van der Waals surface area contributed by atoms with Crippen molar-refractivity contribution >= 4 is 22.7 Å². The SMILES string of the molecule is O=C(c1cccc(Cc2cccc3c(=O)[nH]cnc23)c1)N1CCN(C(=O)C2CC2)CC1. The van der Waals surface area contributed by atoms with Gasteiger partial charge in [0.05, 0.1) is 17.2 Å². The first-order chi connectivity index (χ1) is 15.1. The molecule has 7 nitrogen and oxygen atoms in total. The predicted molar refractivity (Wildman–Crippen MR) is 117 cm³/mol. The molecule has 2 amide bonds. The average Bonchev–Trinajstić information content (AvgIpc) is 3.65. The van der Waals surface area contributed by atoms with Gasteiger partial charge in [-0.25, -0.2) is 4.98 Å². The lowest BCUT2D eigenvalue weighted by Gasteiger charge is -2.35. The number of carbonyl (C=O) groups excluding carboxylic acids is 2. The highest BCUT2D eigenvalue weighted by Gasteiger charge is 2.35. The van der Waals surface area contributed by atoms with Crippen LogP contribution in [0.4, 0.5) is 0 Å². The van der Waals surface area contributed by atoms with Gasteiger partial charge in [0, 0.05) is 37.7 Å². The number of aromatic nitrogens is 2. The van der Waals surface area contributed by atoms with Gasteiger partial charge in [0.1, 0.15) is 0 Å². The molecule has 1 saturated carbocycles. The van der Waals surface area contributed by atoms with E-state index in [4.69, 9.17) is 0 Å². The Morgan fingerprint density at radius 1 is 1.00 bits per heavy atom. The second-order valence-corrected chi connectivity index (χ2v) is 8.31. The lowest BCUT2D eigenvalue weighted by atomic mass is 10.00. The zero-order chi connectivity index (χ0) is 21.4. The van der Waals surface area contributed by atoms with Crippen molar-refractivity contribution in [1.82, 2.24) is 19.8 Å². The van der Waals surface area contributed by atoms with Crippen LogP contribution in [0.2, 0.25) is 0 Å². The molecule has 1 aliphatic heterocycles. The third-order valence-electron chi connectivity index (χ3n) is 6.13. The first-order valence-electron chi connectivity index (χ1n) is 10.7. The molecule has 0 spiro atoms. The van der Waals surface area contributed by atoms with Gasteiger partial charge in [-0.1, -0.05) is 24.3 Å². The normalized spacial score (nSPS) is 16.5. The highest BCUT2D eigenvalue weighted by molar-refractivity contribution is 5.94. The van der Waals surface area contributed by atoms with Gasteiger partial charge in [0.15, 0.2) is 0 Å². The fourth-order valence-electron chi connectivity index (χ4n) is 4.24. The Morgan fingerprint density at radius 3 is 2.52 bits per heavy atom. The molecule has 1 aliphatic carbocycles. The fraction of sp³-hybridized carbons (Fsp3) is 0.333. The van der Waals surface area contributed by atoms with E-state index in [1.807, 2.05) is 46.2 Å². The van der Waals surface area contributed by atoms with E-state index in [-0.39, 0.29) is 23.3 Å². The number of rotatable bonds is 4. The van der Waals surface area contributed by atoms with Crippen LogP contribution in [0.25, 0.3) is 10.9 Å². The molecule has 0 unspecified atom stereocenters. The van der Waals surface area contributed by atoms with E-state index in [1.165, 1.54) is 6.33 Å². The topological polar surface area (TPSA) is 86.4 Å². The minimum absolute atomic E-state index is 0.00661. The number of piperazine rings is 1. The minimum Gasteiger partial charge on any atom is -0.339 e. The zero-order valence-corrected chi connectivity index (χ0v) is 17.2. The Bertz CT molecular complexity index is 1210. The fourth-order valence-corrected chi connectivity index (χ4v) is 4.24. The first kappa shape index (κ1) is 19.5. The monoisotopic (exact) mass is 416 g/mol. The summed E-state index contributed by atoms with van der Waals surface area (Å²) in [6.07, 6.45) is 4.01. The van der Waals surface area contributed by atoms with Gasteiger partial charge in [0.2, 0.25) is 5.91 Å². The number of nitrogens with one attached hydrogen (secondary N) is 1. The summed E-state index contributed by atoms with van der Waals surface area (Å²) in [5.74, 6) is 0.461. The van der Waals surface area contributed by atoms with Crippen LogP contribution in [0.3, 0.4) is 0 Å². The number of hydrogen-bond donors (Lipinski definition) is 1. The van der Waals surface area contributed by atoms with Gasteiger partial charge in [-0.05, 0) is 48.6 Å². The molecular weight excluding hydrogens is 392 g/mol. The van der Waals surface area contributed by atoms with Crippen molar-refractivity contribution in [1.29, 1.82) is 0 Å². The summed E-state index contributed by atoms with van der Waals surface area (Å²) in [7, 11) is 0. The second kappa shape index (κ2) is 7.98. The lowest BCUT2D eigenvalue weighted by Crippen LogP contribution is -2.51. The number of carbonyl (C=O) groups is 2. The molecule has 2 aromatic carbocycles. The Kier molecular flexibility index (Phi) is 5.02. The van der Waals surface area contributed by atoms with E-state index >= 15 is 0 Å². The summed E-state index contributed by atoms with van der Waals surface area (Å²) >= 11 is 0. The van der Waals surface area contributed by atoms with Crippen molar-refractivity contribution in [2.45, 2.75) is 19.3 Å². The predicted octanol–water partition coefficient (Wildman–Crippen LogP) is 2.21. The van der Waals surface area contributed by atoms with E-state index in [2.05, 4.69) is 9.97 Å². The highest BCUT2D eigenvalue weighted by Crippen LogP contribution is 2.31. The van der Waals surface area contributed by atoms with Gasteiger partial charge < -0.3 is 14.8 Å². The van der Waals surface area contributed by atoms with Crippen LogP contribution in [-0.4, -0.2) is 57.8 Å². The van der Waals surface area contributed by atoms with E-state index in [0.29, 0.717) is 49.1 Å². The third kappa shape index (κ3) is 3.95. The number of amides is 2. The van der Waals surface area contributed by atoms with Crippen molar-refractivity contribution in [3.8, 4) is 0 Å². The molecule has 2 aliphatic rings.